The average Bonchev–Trinajstić information content (AvgIpc) is 2.76. The number of anilines is 1. The molecule has 0 amide bonds. The Morgan fingerprint density at radius 2 is 2.17 bits per heavy atom. The molecule has 1 aromatic heterocycles. The predicted octanol–water partition coefficient (Wildman–Crippen LogP) is 1.60. The number of rotatable bonds is 2. The molecule has 1 atom stereocenters. The number of aromatic amines is 1. The van der Waals surface area contributed by atoms with Gasteiger partial charge in [0, 0.05) is 17.3 Å². The number of aromatic nitrogens is 3. The molecule has 90 valence electrons. The highest BCUT2D eigenvalue weighted by molar-refractivity contribution is 5.97. The Kier molecular flexibility index (Phi) is 2.42. The monoisotopic (exact) mass is 241 g/mol. The maximum Gasteiger partial charge on any atom is 0.138 e. The summed E-state index contributed by atoms with van der Waals surface area (Å²) in [7, 11) is 0. The molecule has 3 N–H and O–H groups in total. The highest BCUT2D eigenvalue weighted by Gasteiger charge is 2.18. The largest absolute Gasteiger partial charge is 0.384 e. The van der Waals surface area contributed by atoms with Crippen molar-refractivity contribution in [3.05, 3.63) is 35.9 Å². The van der Waals surface area contributed by atoms with Gasteiger partial charge in [0.05, 0.1) is 11.8 Å². The van der Waals surface area contributed by atoms with Crippen molar-refractivity contribution >= 4 is 29.0 Å². The van der Waals surface area contributed by atoms with Crippen LogP contribution >= 0.6 is 0 Å². The van der Waals surface area contributed by atoms with Crippen LogP contribution < -0.4 is 5.43 Å². The Balaban J connectivity index is 2.34. The Labute approximate surface area is 103 Å². The number of nitrogens with one attached hydrogen (secondary N) is 2. The van der Waals surface area contributed by atoms with Crippen LogP contribution in [-0.2, 0) is 0 Å². The molecule has 18 heavy (non-hydrogen) atoms. The molecule has 6 heteroatoms. The molecule has 1 aliphatic heterocycles. The maximum absolute atomic E-state index is 9.94. The summed E-state index contributed by atoms with van der Waals surface area (Å²) in [6.45, 7) is 3.59. The van der Waals surface area contributed by atoms with Gasteiger partial charge in [0.25, 0.3) is 0 Å². The number of aliphatic hydroxyl groups excluding tert-OH is 1. The molecule has 0 bridgehead atoms. The van der Waals surface area contributed by atoms with Crippen molar-refractivity contribution < 1.29 is 5.11 Å². The first kappa shape index (κ1) is 10.7. The number of hydrogen-bond donors (Lipinski definition) is 3. The molecule has 1 aliphatic rings. The zero-order valence-corrected chi connectivity index (χ0v) is 9.46. The lowest BCUT2D eigenvalue weighted by molar-refractivity contribution is 0.230. The van der Waals surface area contributed by atoms with Crippen molar-refractivity contribution in [2.45, 2.75) is 6.10 Å². The van der Waals surface area contributed by atoms with E-state index in [9.17, 15) is 5.11 Å². The van der Waals surface area contributed by atoms with Gasteiger partial charge < -0.3 is 5.11 Å². The molecule has 1 unspecified atom stereocenters. The third-order valence-corrected chi connectivity index (χ3v) is 2.81. The van der Waals surface area contributed by atoms with E-state index in [4.69, 9.17) is 0 Å². The molecular weight excluding hydrogens is 230 g/mol. The minimum atomic E-state index is -0.777. The van der Waals surface area contributed by atoms with Crippen LogP contribution in [0.4, 0.5) is 5.69 Å². The van der Waals surface area contributed by atoms with Gasteiger partial charge in [-0.15, -0.1) is 6.58 Å². The summed E-state index contributed by atoms with van der Waals surface area (Å²) in [6, 6.07) is 1.85. The molecule has 6 nitrogen and oxygen atoms in total. The van der Waals surface area contributed by atoms with E-state index in [1.54, 1.807) is 6.21 Å². The predicted molar refractivity (Wildman–Crippen MR) is 70.2 cm³/mol. The van der Waals surface area contributed by atoms with Gasteiger partial charge in [-0.2, -0.15) is 20.5 Å². The normalized spacial score (nSPS) is 14.9. The standard InChI is InChI=1S/C12H11N5O/c1-2-9(18)8-6-7-4-3-5-13-14-10(7)12-11(8)15-17-16-12/h2-6,9,14,18H,1H2,(H,15,16,17). The lowest BCUT2D eigenvalue weighted by Gasteiger charge is -2.11. The summed E-state index contributed by atoms with van der Waals surface area (Å²) < 4.78 is 0. The quantitative estimate of drug-likeness (QED) is 0.697. The SMILES string of the molecule is C=CC(O)c1cc2c(c3n[nH]nc13)NN=CC=C2. The van der Waals surface area contributed by atoms with Gasteiger partial charge in [-0.05, 0) is 12.1 Å². The fraction of sp³-hybridized carbons (Fsp3) is 0.0833. The molecule has 3 rings (SSSR count). The number of hydrogen-bond acceptors (Lipinski definition) is 5. The van der Waals surface area contributed by atoms with E-state index in [1.807, 2.05) is 18.2 Å². The zero-order chi connectivity index (χ0) is 12.5. The van der Waals surface area contributed by atoms with Crippen LogP contribution in [0.25, 0.3) is 17.1 Å². The Hall–Kier alpha value is -2.47. The van der Waals surface area contributed by atoms with Gasteiger partial charge in [-0.1, -0.05) is 12.2 Å². The van der Waals surface area contributed by atoms with Crippen LogP contribution in [-0.4, -0.2) is 26.7 Å². The van der Waals surface area contributed by atoms with Gasteiger partial charge >= 0.3 is 0 Å². The van der Waals surface area contributed by atoms with Crippen LogP contribution in [0.1, 0.15) is 17.2 Å². The van der Waals surface area contributed by atoms with E-state index in [2.05, 4.69) is 32.5 Å². The highest BCUT2D eigenvalue weighted by Crippen LogP contribution is 2.32. The first-order chi connectivity index (χ1) is 8.81. The second-order valence-electron chi connectivity index (χ2n) is 3.88. The molecule has 0 aliphatic carbocycles. The molecule has 0 saturated heterocycles. The molecule has 2 heterocycles. The topological polar surface area (TPSA) is 86.2 Å². The third kappa shape index (κ3) is 1.51. The molecule has 2 aromatic rings. The van der Waals surface area contributed by atoms with Crippen molar-refractivity contribution in [2.24, 2.45) is 5.10 Å². The number of benzene rings is 1. The van der Waals surface area contributed by atoms with Crippen LogP contribution in [0.15, 0.2) is 29.9 Å². The van der Waals surface area contributed by atoms with E-state index in [1.165, 1.54) is 6.08 Å². The molecule has 0 spiro atoms. The second kappa shape index (κ2) is 4.08. The highest BCUT2D eigenvalue weighted by atomic mass is 16.3. The number of H-pyrrole nitrogens is 1. The van der Waals surface area contributed by atoms with Gasteiger partial charge in [-0.3, -0.25) is 5.43 Å². The summed E-state index contributed by atoms with van der Waals surface area (Å²) in [6.07, 6.45) is 6.04. The minimum absolute atomic E-state index is 0.610. The molecular formula is C12H11N5O. The summed E-state index contributed by atoms with van der Waals surface area (Å²) in [5.74, 6) is 0. The van der Waals surface area contributed by atoms with Gasteiger partial charge in [0.1, 0.15) is 11.0 Å². The van der Waals surface area contributed by atoms with E-state index in [0.29, 0.717) is 16.6 Å². The molecule has 0 radical (unpaired) electrons. The van der Waals surface area contributed by atoms with Crippen molar-refractivity contribution in [3.63, 3.8) is 0 Å². The van der Waals surface area contributed by atoms with Crippen LogP contribution in [0, 0.1) is 0 Å². The van der Waals surface area contributed by atoms with Crippen molar-refractivity contribution in [1.82, 2.24) is 15.4 Å². The van der Waals surface area contributed by atoms with Crippen molar-refractivity contribution in [3.8, 4) is 0 Å². The number of hydrazone groups is 1. The second-order valence-corrected chi connectivity index (χ2v) is 3.88. The molecule has 0 saturated carbocycles. The van der Waals surface area contributed by atoms with Gasteiger partial charge in [0.2, 0.25) is 0 Å². The average molecular weight is 241 g/mol. The lowest BCUT2D eigenvalue weighted by Crippen LogP contribution is -1.99. The summed E-state index contributed by atoms with van der Waals surface area (Å²) in [5.41, 5.74) is 6.50. The van der Waals surface area contributed by atoms with Crippen LogP contribution in [0.2, 0.25) is 0 Å². The summed E-state index contributed by atoms with van der Waals surface area (Å²) in [4.78, 5) is 0. The van der Waals surface area contributed by atoms with Gasteiger partial charge in [-0.25, -0.2) is 0 Å². The Morgan fingerprint density at radius 1 is 1.33 bits per heavy atom. The third-order valence-electron chi connectivity index (χ3n) is 2.81. The van der Waals surface area contributed by atoms with E-state index in [-0.39, 0.29) is 0 Å². The number of nitrogens with zero attached hydrogens (tertiary/aromatic N) is 3. The smallest absolute Gasteiger partial charge is 0.138 e. The fourth-order valence-corrected chi connectivity index (χ4v) is 1.94. The van der Waals surface area contributed by atoms with E-state index >= 15 is 0 Å². The fourth-order valence-electron chi connectivity index (χ4n) is 1.94. The van der Waals surface area contributed by atoms with E-state index in [0.717, 1.165) is 11.3 Å². The number of aliphatic hydroxyl groups is 1. The first-order valence-corrected chi connectivity index (χ1v) is 5.45. The molecule has 0 fully saturated rings. The minimum Gasteiger partial charge on any atom is -0.384 e. The Morgan fingerprint density at radius 3 is 3.00 bits per heavy atom. The zero-order valence-electron chi connectivity index (χ0n) is 9.46. The van der Waals surface area contributed by atoms with Crippen molar-refractivity contribution in [1.29, 1.82) is 0 Å². The van der Waals surface area contributed by atoms with Crippen LogP contribution in [0.3, 0.4) is 0 Å². The lowest BCUT2D eigenvalue weighted by atomic mass is 10.0. The Bertz CT molecular complexity index is 670. The van der Waals surface area contributed by atoms with Gasteiger partial charge in [0.15, 0.2) is 0 Å². The van der Waals surface area contributed by atoms with Crippen molar-refractivity contribution in [2.75, 3.05) is 5.43 Å². The summed E-state index contributed by atoms with van der Waals surface area (Å²) in [5, 5.41) is 24.7. The maximum atomic E-state index is 9.94. The number of allylic oxidation sites excluding steroid dienone is 1. The molecule has 1 aromatic carbocycles. The first-order valence-electron chi connectivity index (χ1n) is 5.45. The number of fused-ring (bicyclic) bond motifs is 3. The van der Waals surface area contributed by atoms with Crippen LogP contribution in [0.5, 0.6) is 0 Å². The van der Waals surface area contributed by atoms with E-state index < -0.39 is 6.10 Å². The summed E-state index contributed by atoms with van der Waals surface area (Å²) >= 11 is 0.